The molecule has 10 nitrogen and oxygen atoms in total. The number of anilines is 5. The number of likely N-dealkylation sites (tertiary alicyclic amines) is 1. The number of hydrogen-bond donors (Lipinski definition) is 3. The maximum absolute atomic E-state index is 12.9. The molecule has 3 aromatic rings. The molecule has 1 aliphatic rings. The molecule has 1 amide bonds. The maximum Gasteiger partial charge on any atom is 0.238 e. The van der Waals surface area contributed by atoms with Gasteiger partial charge in [0.2, 0.25) is 11.9 Å². The lowest BCUT2D eigenvalue weighted by atomic mass is 10.0. The predicted molar refractivity (Wildman–Crippen MR) is 165 cm³/mol. The minimum absolute atomic E-state index is 0.0626. The number of amides is 1. The number of aryl methyl sites for hydroxylation is 1. The van der Waals surface area contributed by atoms with Crippen molar-refractivity contribution < 1.29 is 13.2 Å². The molecule has 0 saturated carbocycles. The molecule has 41 heavy (non-hydrogen) atoms. The second-order valence-electron chi connectivity index (χ2n) is 10.8. The van der Waals surface area contributed by atoms with Gasteiger partial charge in [-0.2, -0.15) is 4.98 Å². The molecule has 1 fully saturated rings. The summed E-state index contributed by atoms with van der Waals surface area (Å²) in [5.74, 6) is 0.458. The van der Waals surface area contributed by atoms with Crippen LogP contribution in [0.25, 0.3) is 0 Å². The van der Waals surface area contributed by atoms with E-state index in [1.807, 2.05) is 25.1 Å². The molecule has 1 aliphatic heterocycles. The summed E-state index contributed by atoms with van der Waals surface area (Å²) < 4.78 is 25.8. The van der Waals surface area contributed by atoms with E-state index in [9.17, 15) is 13.2 Å². The van der Waals surface area contributed by atoms with Crippen molar-refractivity contribution in [2.45, 2.75) is 49.8 Å². The third kappa shape index (κ3) is 7.73. The lowest BCUT2D eigenvalue weighted by molar-refractivity contribution is -0.117. The smallest absolute Gasteiger partial charge is 0.238 e. The first-order valence-corrected chi connectivity index (χ1v) is 15.5. The molecule has 3 N–H and O–H groups in total. The van der Waals surface area contributed by atoms with Gasteiger partial charge in [-0.3, -0.25) is 9.69 Å². The molecule has 2 heterocycles. The van der Waals surface area contributed by atoms with Crippen LogP contribution in [0, 0.1) is 6.92 Å². The van der Waals surface area contributed by atoms with Gasteiger partial charge in [-0.05, 0) is 77.5 Å². The van der Waals surface area contributed by atoms with Gasteiger partial charge in [-0.25, -0.2) is 13.4 Å². The molecule has 1 aromatic heterocycles. The minimum Gasteiger partial charge on any atom is -0.338 e. The molecular weight excluding hydrogens is 562 g/mol. The van der Waals surface area contributed by atoms with Crippen molar-refractivity contribution in [1.82, 2.24) is 19.8 Å². The van der Waals surface area contributed by atoms with Crippen molar-refractivity contribution in [3.05, 3.63) is 59.2 Å². The molecule has 0 radical (unpaired) electrons. The number of aromatic nitrogens is 2. The normalized spacial score (nSPS) is 14.8. The Kier molecular flexibility index (Phi) is 9.85. The monoisotopic (exact) mass is 599 g/mol. The highest BCUT2D eigenvalue weighted by Crippen LogP contribution is 2.31. The number of nitrogens with one attached hydrogen (secondary N) is 3. The average molecular weight is 600 g/mol. The van der Waals surface area contributed by atoms with E-state index in [0.717, 1.165) is 31.5 Å². The number of nitrogens with zero attached hydrogens (tertiary/aromatic N) is 4. The van der Waals surface area contributed by atoms with Crippen molar-refractivity contribution in [2.75, 3.05) is 49.7 Å². The fourth-order valence-electron chi connectivity index (χ4n) is 4.67. The molecule has 2 aromatic carbocycles. The van der Waals surface area contributed by atoms with Crippen molar-refractivity contribution >= 4 is 56.2 Å². The van der Waals surface area contributed by atoms with Crippen LogP contribution < -0.4 is 16.0 Å². The van der Waals surface area contributed by atoms with E-state index in [1.54, 1.807) is 38.1 Å². The quantitative estimate of drug-likeness (QED) is 0.293. The lowest BCUT2D eigenvalue weighted by Crippen LogP contribution is -2.44. The van der Waals surface area contributed by atoms with E-state index >= 15 is 0 Å². The topological polar surface area (TPSA) is 120 Å². The van der Waals surface area contributed by atoms with Crippen LogP contribution in [0.2, 0.25) is 5.02 Å². The molecule has 0 spiro atoms. The number of sulfone groups is 1. The van der Waals surface area contributed by atoms with Crippen LogP contribution in [0.4, 0.5) is 28.8 Å². The zero-order valence-electron chi connectivity index (χ0n) is 24.1. The lowest BCUT2D eigenvalue weighted by Gasteiger charge is -2.34. The van der Waals surface area contributed by atoms with Gasteiger partial charge in [-0.1, -0.05) is 29.8 Å². The SMILES string of the molecule is Cc1ccc(NC(=O)CN2CCC(N(C)C)CC2)cc1Nc1ncc(Cl)c(Nc2ccccc2S(=O)(=O)C(C)C)n1. The van der Waals surface area contributed by atoms with Crippen molar-refractivity contribution in [3.8, 4) is 0 Å². The Morgan fingerprint density at radius 3 is 2.49 bits per heavy atom. The molecule has 12 heteroatoms. The van der Waals surface area contributed by atoms with Gasteiger partial charge in [0.1, 0.15) is 5.02 Å². The number of rotatable bonds is 10. The first-order valence-electron chi connectivity index (χ1n) is 13.6. The third-order valence-corrected chi connectivity index (χ3v) is 9.72. The van der Waals surface area contributed by atoms with E-state index in [2.05, 4.69) is 49.8 Å². The molecule has 1 saturated heterocycles. The molecule has 0 atom stereocenters. The third-order valence-electron chi connectivity index (χ3n) is 7.23. The van der Waals surface area contributed by atoms with Crippen molar-refractivity contribution in [1.29, 1.82) is 0 Å². The van der Waals surface area contributed by atoms with Gasteiger partial charge in [0.05, 0.1) is 28.6 Å². The van der Waals surface area contributed by atoms with Crippen molar-refractivity contribution in [3.63, 3.8) is 0 Å². The van der Waals surface area contributed by atoms with Crippen LogP contribution in [0.3, 0.4) is 0 Å². The second kappa shape index (κ2) is 13.2. The summed E-state index contributed by atoms with van der Waals surface area (Å²) in [5.41, 5.74) is 2.67. The van der Waals surface area contributed by atoms with E-state index in [4.69, 9.17) is 11.6 Å². The number of hydrogen-bond acceptors (Lipinski definition) is 9. The van der Waals surface area contributed by atoms with E-state index in [0.29, 0.717) is 29.6 Å². The largest absolute Gasteiger partial charge is 0.338 e. The highest BCUT2D eigenvalue weighted by atomic mass is 35.5. The predicted octanol–water partition coefficient (Wildman–Crippen LogP) is 5.07. The summed E-state index contributed by atoms with van der Waals surface area (Å²) in [5, 5.41) is 8.90. The number of halogens is 1. The Balaban J connectivity index is 1.46. The Morgan fingerprint density at radius 1 is 1.10 bits per heavy atom. The fraction of sp³-hybridized carbons (Fsp3) is 0.414. The number of benzene rings is 2. The highest BCUT2D eigenvalue weighted by Gasteiger charge is 2.24. The molecule has 0 aliphatic carbocycles. The Hall–Kier alpha value is -3.25. The maximum atomic E-state index is 12.9. The van der Waals surface area contributed by atoms with Crippen LogP contribution in [0.1, 0.15) is 32.3 Å². The number of para-hydroxylation sites is 1. The van der Waals surface area contributed by atoms with Gasteiger partial charge in [-0.15, -0.1) is 0 Å². The van der Waals surface area contributed by atoms with Gasteiger partial charge >= 0.3 is 0 Å². The number of carbonyl (C=O) groups is 1. The van der Waals surface area contributed by atoms with Crippen LogP contribution in [0.5, 0.6) is 0 Å². The average Bonchev–Trinajstić information content (AvgIpc) is 2.92. The first-order chi connectivity index (χ1) is 19.4. The van der Waals surface area contributed by atoms with Crippen molar-refractivity contribution in [2.24, 2.45) is 0 Å². The van der Waals surface area contributed by atoms with Gasteiger partial charge in [0.15, 0.2) is 15.7 Å². The number of piperidine rings is 1. The van der Waals surface area contributed by atoms with Gasteiger partial charge < -0.3 is 20.9 Å². The summed E-state index contributed by atoms with van der Waals surface area (Å²) in [6, 6.07) is 12.8. The zero-order chi connectivity index (χ0) is 29.7. The second-order valence-corrected chi connectivity index (χ2v) is 13.7. The minimum atomic E-state index is -3.54. The summed E-state index contributed by atoms with van der Waals surface area (Å²) in [6.07, 6.45) is 3.55. The molecular formula is C29H38ClN7O3S. The van der Waals surface area contributed by atoms with Crippen LogP contribution >= 0.6 is 11.6 Å². The Morgan fingerprint density at radius 2 is 1.80 bits per heavy atom. The van der Waals surface area contributed by atoms with Gasteiger partial charge in [0, 0.05) is 30.5 Å². The van der Waals surface area contributed by atoms with E-state index < -0.39 is 15.1 Å². The van der Waals surface area contributed by atoms with E-state index in [-0.39, 0.29) is 27.6 Å². The molecule has 0 bridgehead atoms. The van der Waals surface area contributed by atoms with Crippen LogP contribution in [-0.4, -0.2) is 79.1 Å². The summed E-state index contributed by atoms with van der Waals surface area (Å²) >= 11 is 6.38. The first kappa shape index (κ1) is 30.7. The van der Waals surface area contributed by atoms with Gasteiger partial charge in [0.25, 0.3) is 0 Å². The number of carbonyl (C=O) groups excluding carboxylic acids is 1. The molecule has 220 valence electrons. The standard InChI is InChI=1S/C29H38ClN7O3S/c1-19(2)41(39,40)26-9-7-6-8-24(26)33-28-23(30)17-31-29(35-28)34-25-16-21(11-10-20(25)3)32-27(38)18-37-14-12-22(13-15-37)36(4)5/h6-11,16-17,19,22H,12-15,18H2,1-5H3,(H,32,38)(H2,31,33,34,35). The summed E-state index contributed by atoms with van der Waals surface area (Å²) in [7, 11) is 0.659. The van der Waals surface area contributed by atoms with Crippen LogP contribution in [-0.2, 0) is 14.6 Å². The van der Waals surface area contributed by atoms with E-state index in [1.165, 1.54) is 6.20 Å². The summed E-state index contributed by atoms with van der Waals surface area (Å²) in [4.78, 5) is 26.2. The Labute approximate surface area is 247 Å². The zero-order valence-corrected chi connectivity index (χ0v) is 25.7. The highest BCUT2D eigenvalue weighted by molar-refractivity contribution is 7.92. The Bertz CT molecular complexity index is 1490. The molecule has 0 unspecified atom stereocenters. The fourth-order valence-corrected chi connectivity index (χ4v) is 6.01. The van der Waals surface area contributed by atoms with Crippen LogP contribution in [0.15, 0.2) is 53.6 Å². The summed E-state index contributed by atoms with van der Waals surface area (Å²) in [6.45, 7) is 7.35. The molecule has 4 rings (SSSR count).